The van der Waals surface area contributed by atoms with Gasteiger partial charge < -0.3 is 0 Å². The van der Waals surface area contributed by atoms with Gasteiger partial charge in [0.2, 0.25) is 0 Å². The quantitative estimate of drug-likeness (QED) is 0.133. The van der Waals surface area contributed by atoms with Crippen LogP contribution in [0.5, 0.6) is 0 Å². The van der Waals surface area contributed by atoms with E-state index in [0.29, 0.717) is 0 Å². The van der Waals surface area contributed by atoms with E-state index in [1.807, 2.05) is 0 Å². The van der Waals surface area contributed by atoms with E-state index in [9.17, 15) is 0 Å². The minimum Gasteiger partial charge on any atom is -0.0622 e. The van der Waals surface area contributed by atoms with Gasteiger partial charge in [-0.25, -0.2) is 0 Å². The van der Waals surface area contributed by atoms with Gasteiger partial charge in [0.15, 0.2) is 0 Å². The first-order chi connectivity index (χ1) is 47.6. The molecule has 0 unspecified atom stereocenters. The third-order valence-electron chi connectivity index (χ3n) is 19.9. The Labute approximate surface area is 558 Å². The first-order valence-electron chi connectivity index (χ1n) is 33.3. The summed E-state index contributed by atoms with van der Waals surface area (Å²) in [6.45, 7) is 0. The largest absolute Gasteiger partial charge is 0.0622 e. The monoisotopic (exact) mass is 1210 g/mol. The lowest BCUT2D eigenvalue weighted by Crippen LogP contribution is -1.93. The van der Waals surface area contributed by atoms with E-state index in [-0.39, 0.29) is 0 Å². The lowest BCUT2D eigenvalue weighted by Gasteiger charge is -2.20. The Morgan fingerprint density at radius 1 is 0.104 bits per heavy atom. The summed E-state index contributed by atoms with van der Waals surface area (Å²) >= 11 is 0. The molecule has 0 heteroatoms. The van der Waals surface area contributed by atoms with Crippen molar-refractivity contribution >= 4 is 97.0 Å². The molecule has 0 saturated carbocycles. The van der Waals surface area contributed by atoms with Crippen molar-refractivity contribution in [3.05, 3.63) is 376 Å². The molecule has 0 heterocycles. The second-order valence-corrected chi connectivity index (χ2v) is 25.3. The predicted octanol–water partition coefficient (Wildman–Crippen LogP) is 27.1. The summed E-state index contributed by atoms with van der Waals surface area (Å²) < 4.78 is 0. The van der Waals surface area contributed by atoms with Crippen LogP contribution in [0, 0.1) is 0 Å². The zero-order valence-corrected chi connectivity index (χ0v) is 52.8. The van der Waals surface area contributed by atoms with Crippen LogP contribution in [-0.4, -0.2) is 0 Å². The highest BCUT2D eigenvalue weighted by Gasteiger charge is 2.22. The van der Waals surface area contributed by atoms with Gasteiger partial charge in [-0.3, -0.25) is 0 Å². The fourth-order valence-corrected chi connectivity index (χ4v) is 15.5. The number of hydrogen-bond donors (Lipinski definition) is 0. The number of hydrogen-bond acceptors (Lipinski definition) is 0. The van der Waals surface area contributed by atoms with Crippen LogP contribution < -0.4 is 0 Å². The molecule has 0 saturated heterocycles. The molecule has 0 atom stereocenters. The van der Waals surface area contributed by atoms with Crippen molar-refractivity contribution in [2.24, 2.45) is 0 Å². The highest BCUT2D eigenvalue weighted by Crippen LogP contribution is 2.50. The molecule has 0 aliphatic rings. The number of benzene rings is 19. The fourth-order valence-electron chi connectivity index (χ4n) is 15.5. The smallest absolute Gasteiger partial charge is 0.00199 e. The summed E-state index contributed by atoms with van der Waals surface area (Å²) in [4.78, 5) is 0. The van der Waals surface area contributed by atoms with E-state index < -0.39 is 0 Å². The van der Waals surface area contributed by atoms with E-state index in [1.165, 1.54) is 186 Å². The first-order valence-corrected chi connectivity index (χ1v) is 33.3. The van der Waals surface area contributed by atoms with Crippen molar-refractivity contribution < 1.29 is 0 Å². The molecule has 0 aliphatic carbocycles. The van der Waals surface area contributed by atoms with Crippen LogP contribution in [0.15, 0.2) is 376 Å². The normalized spacial score (nSPS) is 11.5. The topological polar surface area (TPSA) is 0 Å². The molecule has 0 bridgehead atoms. The van der Waals surface area contributed by atoms with Gasteiger partial charge in [-0.15, -0.1) is 0 Å². The molecule has 0 amide bonds. The van der Waals surface area contributed by atoms with E-state index in [2.05, 4.69) is 376 Å². The van der Waals surface area contributed by atoms with Crippen LogP contribution >= 0.6 is 0 Å². The number of fused-ring (bicyclic) bond motifs is 9. The molecule has 19 aromatic carbocycles. The van der Waals surface area contributed by atoms with E-state index in [0.717, 1.165) is 0 Å². The van der Waals surface area contributed by atoms with Crippen molar-refractivity contribution in [2.75, 3.05) is 0 Å². The minimum atomic E-state index is 1.21. The van der Waals surface area contributed by atoms with Crippen LogP contribution in [0.4, 0.5) is 0 Å². The second kappa shape index (κ2) is 23.9. The van der Waals surface area contributed by atoms with Gasteiger partial charge in [-0.1, -0.05) is 352 Å². The summed E-state index contributed by atoms with van der Waals surface area (Å²) in [5.74, 6) is 0. The lowest BCUT2D eigenvalue weighted by atomic mass is 9.83. The Morgan fingerprint density at radius 2 is 0.344 bits per heavy atom. The zero-order chi connectivity index (χ0) is 63.5. The van der Waals surface area contributed by atoms with Gasteiger partial charge >= 0.3 is 0 Å². The van der Waals surface area contributed by atoms with Crippen molar-refractivity contribution in [2.45, 2.75) is 0 Å². The molecule has 96 heavy (non-hydrogen) atoms. The van der Waals surface area contributed by atoms with Gasteiger partial charge in [-0.2, -0.15) is 0 Å². The van der Waals surface area contributed by atoms with Crippen molar-refractivity contribution in [3.8, 4) is 89.0 Å². The van der Waals surface area contributed by atoms with Gasteiger partial charge in [0.05, 0.1) is 0 Å². The Kier molecular flexibility index (Phi) is 14.0. The van der Waals surface area contributed by atoms with Crippen LogP contribution in [-0.2, 0) is 0 Å². The lowest BCUT2D eigenvalue weighted by molar-refractivity contribution is 1.61. The van der Waals surface area contributed by atoms with Gasteiger partial charge in [0.1, 0.15) is 0 Å². The van der Waals surface area contributed by atoms with Crippen molar-refractivity contribution in [1.82, 2.24) is 0 Å². The maximum absolute atomic E-state index is 2.42. The number of rotatable bonds is 8. The van der Waals surface area contributed by atoms with Crippen LogP contribution in [0.2, 0.25) is 0 Å². The summed E-state index contributed by atoms with van der Waals surface area (Å²) in [5, 5.41) is 22.8. The van der Waals surface area contributed by atoms with Crippen molar-refractivity contribution in [1.29, 1.82) is 0 Å². The van der Waals surface area contributed by atoms with Gasteiger partial charge in [-0.05, 0) is 210 Å². The Balaban J connectivity index is 0.000000141. The molecule has 0 fully saturated rings. The minimum absolute atomic E-state index is 1.21. The molecule has 446 valence electrons. The molecule has 0 N–H and O–H groups in total. The Bertz CT molecular complexity index is 6100. The summed E-state index contributed by atoms with van der Waals surface area (Å²) in [6.07, 6.45) is 0. The summed E-state index contributed by atoms with van der Waals surface area (Å²) in [5.41, 5.74) is 20.0. The molecule has 0 aliphatic heterocycles. The predicted molar refractivity (Wildman–Crippen MR) is 414 cm³/mol. The van der Waals surface area contributed by atoms with Crippen LogP contribution in [0.3, 0.4) is 0 Å². The van der Waals surface area contributed by atoms with Crippen molar-refractivity contribution in [3.63, 3.8) is 0 Å². The zero-order valence-electron chi connectivity index (χ0n) is 52.8. The maximum Gasteiger partial charge on any atom is -0.00199 e. The maximum atomic E-state index is 2.42. The Morgan fingerprint density at radius 3 is 0.698 bits per heavy atom. The Hall–Kier alpha value is -12.5. The molecular formula is C96H62. The highest BCUT2D eigenvalue weighted by molar-refractivity contribution is 6.27. The third-order valence-corrected chi connectivity index (χ3v) is 19.9. The summed E-state index contributed by atoms with van der Waals surface area (Å²) in [6, 6.07) is 138. The third kappa shape index (κ3) is 9.78. The standard InChI is InChI=1S/C50H32.C46H30/c1-4-18-39-34(13-1)16-11-25-40(39)36-29-27-33(28-30-36)38-31-37-15-3-6-20-42(37)48(32-38)50-46-23-9-7-21-44(46)49(45-22-8-10-24-47(45)50)43-26-12-17-35-14-2-5-19-41(35)43;1-2-14-34(15-3-1)45-40-20-8-10-22-42(40)46(43-23-11-9-21-41(43)45)44-30-36(29-35-16-5-7-19-39(35)44)31-25-27-33(28-26-31)38-24-12-17-32-13-4-6-18-37(32)38/h1-32H;1-30H. The second-order valence-electron chi connectivity index (χ2n) is 25.3. The van der Waals surface area contributed by atoms with E-state index >= 15 is 0 Å². The van der Waals surface area contributed by atoms with E-state index in [1.54, 1.807) is 0 Å². The molecule has 0 radical (unpaired) electrons. The summed E-state index contributed by atoms with van der Waals surface area (Å²) in [7, 11) is 0. The first kappa shape index (κ1) is 56.3. The van der Waals surface area contributed by atoms with Crippen LogP contribution in [0.25, 0.3) is 186 Å². The van der Waals surface area contributed by atoms with Gasteiger partial charge in [0, 0.05) is 0 Å². The van der Waals surface area contributed by atoms with E-state index in [4.69, 9.17) is 0 Å². The molecule has 0 nitrogen and oxygen atoms in total. The molecular weight excluding hydrogens is 1150 g/mol. The molecule has 0 aromatic heterocycles. The molecule has 19 rings (SSSR count). The SMILES string of the molecule is c1ccc(-c2c3ccccc3c(-c3cc(-c4ccc(-c5cccc6ccccc56)cc4)cc4ccccc34)c3ccccc23)cc1.c1ccc2c(-c3ccc(-c4cc(-c5c6ccccc6c(-c6cccc7ccccc67)c6ccccc56)c5ccccc5c4)cc3)cccc2c1. The fraction of sp³-hybridized carbons (Fsp3) is 0. The average molecular weight is 1220 g/mol. The van der Waals surface area contributed by atoms with Gasteiger partial charge in [0.25, 0.3) is 0 Å². The average Bonchev–Trinajstić information content (AvgIpc) is 0.736. The molecule has 19 aromatic rings. The highest BCUT2D eigenvalue weighted by atomic mass is 14.3. The van der Waals surface area contributed by atoms with Crippen LogP contribution in [0.1, 0.15) is 0 Å². The molecule has 0 spiro atoms.